The van der Waals surface area contributed by atoms with Crippen LogP contribution in [0.5, 0.6) is 0 Å². The van der Waals surface area contributed by atoms with Gasteiger partial charge in [0.15, 0.2) is 0 Å². The van der Waals surface area contributed by atoms with Gasteiger partial charge in [-0.2, -0.15) is 5.26 Å². The smallest absolute Gasteiger partial charge is 0.278 e. The van der Waals surface area contributed by atoms with Gasteiger partial charge in [-0.05, 0) is 37.8 Å². The van der Waals surface area contributed by atoms with Gasteiger partial charge < -0.3 is 5.32 Å². The Balaban J connectivity index is 1.81. The van der Waals surface area contributed by atoms with Crippen molar-refractivity contribution in [3.05, 3.63) is 34.6 Å². The Morgan fingerprint density at radius 2 is 2.23 bits per heavy atom. The lowest BCUT2D eigenvalue weighted by atomic mass is 9.98. The molecule has 0 spiro atoms. The lowest BCUT2D eigenvalue weighted by molar-refractivity contribution is -0.123. The second kappa shape index (κ2) is 5.22. The van der Waals surface area contributed by atoms with E-state index < -0.39 is 11.4 Å². The van der Waals surface area contributed by atoms with E-state index in [4.69, 9.17) is 0 Å². The van der Waals surface area contributed by atoms with E-state index in [1.807, 2.05) is 0 Å². The van der Waals surface area contributed by atoms with Crippen molar-refractivity contribution in [3.63, 3.8) is 0 Å². The highest BCUT2D eigenvalue weighted by atomic mass is 16.2. The maximum Gasteiger partial charge on any atom is 0.278 e. The van der Waals surface area contributed by atoms with Gasteiger partial charge in [0.05, 0.1) is 11.5 Å². The summed E-state index contributed by atoms with van der Waals surface area (Å²) in [7, 11) is 0. The van der Waals surface area contributed by atoms with Gasteiger partial charge in [-0.1, -0.05) is 17.3 Å². The van der Waals surface area contributed by atoms with Crippen molar-refractivity contribution in [2.24, 2.45) is 5.92 Å². The van der Waals surface area contributed by atoms with Crippen LogP contribution in [0.4, 0.5) is 0 Å². The predicted octanol–water partition coefficient (Wildman–Crippen LogP) is 0.600. The molecule has 7 heteroatoms. The summed E-state index contributed by atoms with van der Waals surface area (Å²) in [6.07, 6.45) is 1.86. The molecule has 1 saturated carbocycles. The van der Waals surface area contributed by atoms with E-state index in [0.29, 0.717) is 10.9 Å². The summed E-state index contributed by atoms with van der Waals surface area (Å²) >= 11 is 0. The Morgan fingerprint density at radius 1 is 1.50 bits per heavy atom. The molecular weight excluding hydrogens is 282 g/mol. The van der Waals surface area contributed by atoms with Crippen LogP contribution in [0.1, 0.15) is 19.8 Å². The molecule has 0 unspecified atom stereocenters. The van der Waals surface area contributed by atoms with Gasteiger partial charge in [-0.25, -0.2) is 4.68 Å². The number of carbonyl (C=O) groups excluding carboxylic acids is 1. The van der Waals surface area contributed by atoms with E-state index in [1.165, 1.54) is 0 Å². The highest BCUT2D eigenvalue weighted by Crippen LogP contribution is 2.39. The number of fused-ring (bicyclic) bond motifs is 1. The molecule has 7 nitrogen and oxygen atoms in total. The van der Waals surface area contributed by atoms with E-state index >= 15 is 0 Å². The Bertz CT molecular complexity index is 834. The molecule has 22 heavy (non-hydrogen) atoms. The summed E-state index contributed by atoms with van der Waals surface area (Å²) in [5, 5.41) is 20.1. The van der Waals surface area contributed by atoms with Crippen LogP contribution in [0, 0.1) is 17.2 Å². The zero-order chi connectivity index (χ0) is 15.7. The first-order valence-electron chi connectivity index (χ1n) is 7.08. The molecule has 1 amide bonds. The number of benzene rings is 1. The second-order valence-corrected chi connectivity index (χ2v) is 5.71. The molecule has 0 aliphatic heterocycles. The second-order valence-electron chi connectivity index (χ2n) is 5.71. The van der Waals surface area contributed by atoms with Gasteiger partial charge in [0.2, 0.25) is 5.91 Å². The fraction of sp³-hybridized carbons (Fsp3) is 0.400. The minimum Gasteiger partial charge on any atom is -0.336 e. The number of carbonyl (C=O) groups is 1. The van der Waals surface area contributed by atoms with E-state index in [0.717, 1.165) is 17.5 Å². The van der Waals surface area contributed by atoms with Crippen molar-refractivity contribution in [2.45, 2.75) is 31.8 Å². The number of nitrogens with zero attached hydrogens (tertiary/aromatic N) is 4. The average Bonchev–Trinajstić information content (AvgIpc) is 3.35. The monoisotopic (exact) mass is 297 g/mol. The molecule has 1 atom stereocenters. The Hall–Kier alpha value is -2.75. The minimum atomic E-state index is -0.884. The average molecular weight is 297 g/mol. The van der Waals surface area contributed by atoms with Crippen LogP contribution in [0.15, 0.2) is 29.1 Å². The van der Waals surface area contributed by atoms with Gasteiger partial charge >= 0.3 is 0 Å². The third kappa shape index (κ3) is 2.55. The van der Waals surface area contributed by atoms with E-state index in [-0.39, 0.29) is 18.0 Å². The topological polar surface area (TPSA) is 101 Å². The largest absolute Gasteiger partial charge is 0.336 e. The molecule has 1 aromatic carbocycles. The summed E-state index contributed by atoms with van der Waals surface area (Å²) in [5.41, 5.74) is -0.764. The summed E-state index contributed by atoms with van der Waals surface area (Å²) in [5.74, 6) is -0.233. The number of hydrogen-bond donors (Lipinski definition) is 1. The number of nitrogens with one attached hydrogen (secondary N) is 1. The van der Waals surface area contributed by atoms with Crippen molar-refractivity contribution < 1.29 is 4.79 Å². The summed E-state index contributed by atoms with van der Waals surface area (Å²) in [6.45, 7) is 1.46. The molecule has 1 aliphatic carbocycles. The van der Waals surface area contributed by atoms with Crippen LogP contribution in [0.3, 0.4) is 0 Å². The van der Waals surface area contributed by atoms with Crippen molar-refractivity contribution >= 4 is 16.8 Å². The third-order valence-electron chi connectivity index (χ3n) is 3.95. The molecular formula is C15H15N5O2. The Kier molecular flexibility index (Phi) is 3.37. The van der Waals surface area contributed by atoms with E-state index in [2.05, 4.69) is 21.7 Å². The van der Waals surface area contributed by atoms with Gasteiger partial charge in [0.25, 0.3) is 5.56 Å². The van der Waals surface area contributed by atoms with Crippen LogP contribution in [-0.2, 0) is 11.3 Å². The summed E-state index contributed by atoms with van der Waals surface area (Å²) < 4.78 is 1.02. The fourth-order valence-electron chi connectivity index (χ4n) is 2.47. The molecule has 1 N–H and O–H groups in total. The van der Waals surface area contributed by atoms with Crippen LogP contribution < -0.4 is 10.9 Å². The quantitative estimate of drug-likeness (QED) is 0.890. The highest BCUT2D eigenvalue weighted by molar-refractivity contribution is 5.79. The third-order valence-corrected chi connectivity index (χ3v) is 3.95. The molecule has 0 radical (unpaired) electrons. The number of amides is 1. The first kappa shape index (κ1) is 14.2. The maximum atomic E-state index is 12.3. The minimum absolute atomic E-state index is 0.181. The fourth-order valence-corrected chi connectivity index (χ4v) is 2.47. The van der Waals surface area contributed by atoms with Crippen LogP contribution in [-0.4, -0.2) is 26.4 Å². The molecule has 3 rings (SSSR count). The molecule has 0 saturated heterocycles. The number of aromatic nitrogens is 3. The van der Waals surface area contributed by atoms with Gasteiger partial charge in [-0.3, -0.25) is 9.59 Å². The zero-order valence-electron chi connectivity index (χ0n) is 12.1. The van der Waals surface area contributed by atoms with Gasteiger partial charge in [-0.15, -0.1) is 5.10 Å². The maximum absolute atomic E-state index is 12.3. The van der Waals surface area contributed by atoms with Crippen molar-refractivity contribution in [1.29, 1.82) is 5.26 Å². The Labute approximate surface area is 126 Å². The number of rotatable bonds is 4. The van der Waals surface area contributed by atoms with Gasteiger partial charge in [0.1, 0.15) is 17.6 Å². The lowest BCUT2D eigenvalue weighted by Crippen LogP contribution is -2.48. The van der Waals surface area contributed by atoms with E-state index in [9.17, 15) is 14.9 Å². The SMILES string of the molecule is C[C@@](C#N)(NC(=O)Cn1nnc2ccccc2c1=O)C1CC1. The zero-order valence-corrected chi connectivity index (χ0v) is 12.1. The van der Waals surface area contributed by atoms with Gasteiger partial charge in [0, 0.05) is 0 Å². The van der Waals surface area contributed by atoms with Crippen molar-refractivity contribution in [1.82, 2.24) is 20.3 Å². The van der Waals surface area contributed by atoms with Crippen LogP contribution >= 0.6 is 0 Å². The standard InChI is InChI=1S/C15H15N5O2/c1-15(9-16,10-6-7-10)17-13(21)8-20-14(22)11-4-2-3-5-12(11)18-19-20/h2-5,10H,6-8H2,1H3,(H,17,21)/t15-/m0/s1. The highest BCUT2D eigenvalue weighted by Gasteiger charge is 2.43. The number of nitriles is 1. The normalized spacial score (nSPS) is 16.7. The molecule has 112 valence electrons. The predicted molar refractivity (Wildman–Crippen MR) is 78.7 cm³/mol. The molecule has 1 heterocycles. The van der Waals surface area contributed by atoms with Crippen LogP contribution in [0.2, 0.25) is 0 Å². The molecule has 0 bridgehead atoms. The van der Waals surface area contributed by atoms with Crippen LogP contribution in [0.25, 0.3) is 10.9 Å². The Morgan fingerprint density at radius 3 is 2.91 bits per heavy atom. The first-order valence-corrected chi connectivity index (χ1v) is 7.08. The molecule has 1 aromatic heterocycles. The van der Waals surface area contributed by atoms with Crippen molar-refractivity contribution in [2.75, 3.05) is 0 Å². The first-order chi connectivity index (χ1) is 10.5. The molecule has 1 fully saturated rings. The summed E-state index contributed by atoms with van der Waals surface area (Å²) in [6, 6.07) is 8.97. The van der Waals surface area contributed by atoms with E-state index in [1.54, 1.807) is 31.2 Å². The van der Waals surface area contributed by atoms with Crippen molar-refractivity contribution in [3.8, 4) is 6.07 Å². The molecule has 2 aromatic rings. The lowest BCUT2D eigenvalue weighted by Gasteiger charge is -2.22. The number of hydrogen-bond acceptors (Lipinski definition) is 5. The molecule has 1 aliphatic rings. The summed E-state index contributed by atoms with van der Waals surface area (Å²) in [4.78, 5) is 24.4.